The molecule has 0 aliphatic rings. The molecule has 0 saturated heterocycles. The maximum absolute atomic E-state index is 4.44. The second-order valence-electron chi connectivity index (χ2n) is 8.08. The highest BCUT2D eigenvalue weighted by Crippen LogP contribution is 2.30. The van der Waals surface area contributed by atoms with E-state index in [-0.39, 0.29) is 5.41 Å². The minimum Gasteiger partial charge on any atom is -0.0905 e. The fourth-order valence-corrected chi connectivity index (χ4v) is 3.57. The van der Waals surface area contributed by atoms with Crippen molar-refractivity contribution in [2.75, 3.05) is 0 Å². The first kappa shape index (κ1) is 17.5. The van der Waals surface area contributed by atoms with Gasteiger partial charge in [-0.3, -0.25) is 0 Å². The summed E-state index contributed by atoms with van der Waals surface area (Å²) in [5.74, 6) is 0. The van der Waals surface area contributed by atoms with Crippen molar-refractivity contribution < 1.29 is 0 Å². The van der Waals surface area contributed by atoms with Gasteiger partial charge in [0.1, 0.15) is 0 Å². The lowest BCUT2D eigenvalue weighted by atomic mass is 9.80. The van der Waals surface area contributed by atoms with E-state index in [4.69, 9.17) is 0 Å². The molecule has 0 nitrogen and oxygen atoms in total. The Balaban J connectivity index is 3.01. The molecule has 0 bridgehead atoms. The highest BCUT2D eigenvalue weighted by atomic mass is 14.2. The van der Waals surface area contributed by atoms with E-state index >= 15 is 0 Å². The van der Waals surface area contributed by atoms with Crippen LogP contribution in [0.4, 0.5) is 0 Å². The molecule has 0 amide bonds. The van der Waals surface area contributed by atoms with Crippen LogP contribution in [-0.4, -0.2) is 0 Å². The van der Waals surface area contributed by atoms with Gasteiger partial charge in [0, 0.05) is 0 Å². The Kier molecular flexibility index (Phi) is 4.57. The average Bonchev–Trinajstić information content (AvgIpc) is 2.35. The van der Waals surface area contributed by atoms with Crippen molar-refractivity contribution in [3.05, 3.63) is 57.0 Å². The summed E-state index contributed by atoms with van der Waals surface area (Å²) in [6, 6.07) is 9.14. The molecule has 2 aromatic rings. The molecular formula is C23H30. The average molecular weight is 306 g/mol. The fourth-order valence-electron chi connectivity index (χ4n) is 3.57. The smallest absolute Gasteiger partial charge is 0.00789 e. The first-order valence-corrected chi connectivity index (χ1v) is 8.41. The van der Waals surface area contributed by atoms with E-state index in [1.54, 1.807) is 0 Å². The van der Waals surface area contributed by atoms with E-state index in [9.17, 15) is 0 Å². The van der Waals surface area contributed by atoms with E-state index < -0.39 is 0 Å². The van der Waals surface area contributed by atoms with Crippen molar-refractivity contribution >= 4 is 12.2 Å². The summed E-state index contributed by atoms with van der Waals surface area (Å²) >= 11 is 0. The van der Waals surface area contributed by atoms with Gasteiger partial charge in [-0.25, -0.2) is 0 Å². The highest BCUT2D eigenvalue weighted by molar-refractivity contribution is 5.72. The molecule has 2 rings (SSSR count). The summed E-state index contributed by atoms with van der Waals surface area (Å²) in [6.07, 6.45) is 0. The second kappa shape index (κ2) is 6.00. The third-order valence-corrected chi connectivity index (χ3v) is 4.55. The summed E-state index contributed by atoms with van der Waals surface area (Å²) < 4.78 is 0. The summed E-state index contributed by atoms with van der Waals surface area (Å²) in [7, 11) is 0. The van der Waals surface area contributed by atoms with E-state index in [1.165, 1.54) is 44.2 Å². The Morgan fingerprint density at radius 3 is 1.83 bits per heavy atom. The number of benzene rings is 2. The molecule has 0 aromatic heterocycles. The Morgan fingerprint density at radius 1 is 0.870 bits per heavy atom. The SMILES string of the molecule is C=c1c(-c2cc(C)cc(C)c2)c(C)c(C(C)(C)C)cc1=C(C)C. The van der Waals surface area contributed by atoms with E-state index in [0.29, 0.717) is 0 Å². The maximum atomic E-state index is 4.44. The standard InChI is InChI=1S/C23H30/c1-14(2)20-13-21(23(7,8)9)18(6)22(17(20)5)19-11-15(3)10-16(4)12-19/h10-13H,5H2,1-4,6-9H3. The number of hydrogen-bond acceptors (Lipinski definition) is 0. The van der Waals surface area contributed by atoms with Gasteiger partial charge in [-0.15, -0.1) is 0 Å². The molecule has 0 fully saturated rings. The summed E-state index contributed by atoms with van der Waals surface area (Å²) in [6.45, 7) is 22.2. The molecule has 0 saturated carbocycles. The molecule has 2 aromatic carbocycles. The van der Waals surface area contributed by atoms with Crippen LogP contribution in [0.15, 0.2) is 24.3 Å². The van der Waals surface area contributed by atoms with Gasteiger partial charge in [-0.2, -0.15) is 0 Å². The predicted octanol–water partition coefficient (Wildman–Crippen LogP) is 5.18. The maximum Gasteiger partial charge on any atom is -0.00789 e. The van der Waals surface area contributed by atoms with Gasteiger partial charge in [0.05, 0.1) is 0 Å². The predicted molar refractivity (Wildman–Crippen MR) is 104 cm³/mol. The lowest BCUT2D eigenvalue weighted by Gasteiger charge is -2.25. The van der Waals surface area contributed by atoms with Crippen molar-refractivity contribution in [3.63, 3.8) is 0 Å². The van der Waals surface area contributed by atoms with Crippen LogP contribution in [0.25, 0.3) is 23.3 Å². The molecule has 0 aliphatic carbocycles. The summed E-state index contributed by atoms with van der Waals surface area (Å²) in [5, 5.41) is 2.44. The van der Waals surface area contributed by atoms with Gasteiger partial charge in [0.15, 0.2) is 0 Å². The summed E-state index contributed by atoms with van der Waals surface area (Å²) in [4.78, 5) is 0. The molecule has 0 unspecified atom stereocenters. The van der Waals surface area contributed by atoms with Gasteiger partial charge in [0.2, 0.25) is 0 Å². The Morgan fingerprint density at radius 2 is 1.39 bits per heavy atom. The third-order valence-electron chi connectivity index (χ3n) is 4.55. The van der Waals surface area contributed by atoms with Gasteiger partial charge in [0.25, 0.3) is 0 Å². The van der Waals surface area contributed by atoms with Crippen LogP contribution in [0.1, 0.15) is 56.9 Å². The first-order valence-electron chi connectivity index (χ1n) is 8.41. The van der Waals surface area contributed by atoms with Crippen LogP contribution < -0.4 is 10.4 Å². The molecule has 0 aliphatic heterocycles. The molecular weight excluding hydrogens is 276 g/mol. The molecule has 0 heteroatoms. The Labute approximate surface area is 141 Å². The van der Waals surface area contributed by atoms with Gasteiger partial charge in [-0.1, -0.05) is 68.3 Å². The van der Waals surface area contributed by atoms with Crippen LogP contribution in [0.2, 0.25) is 0 Å². The van der Waals surface area contributed by atoms with Crippen LogP contribution in [0.3, 0.4) is 0 Å². The van der Waals surface area contributed by atoms with Crippen molar-refractivity contribution in [3.8, 4) is 11.1 Å². The fraction of sp³-hybridized carbons (Fsp3) is 0.391. The van der Waals surface area contributed by atoms with E-state index in [0.717, 1.165) is 5.22 Å². The largest absolute Gasteiger partial charge is 0.0905 e. The quantitative estimate of drug-likeness (QED) is 0.681. The van der Waals surface area contributed by atoms with Crippen molar-refractivity contribution in [2.45, 2.75) is 60.8 Å². The molecule has 0 radical (unpaired) electrons. The van der Waals surface area contributed by atoms with Gasteiger partial charge in [-0.05, 0) is 72.7 Å². The molecule has 122 valence electrons. The Bertz CT molecular complexity index is 834. The van der Waals surface area contributed by atoms with Crippen LogP contribution in [0.5, 0.6) is 0 Å². The zero-order valence-electron chi connectivity index (χ0n) is 16.0. The minimum atomic E-state index is 0.121. The number of hydrogen-bond donors (Lipinski definition) is 0. The lowest BCUT2D eigenvalue weighted by Crippen LogP contribution is -2.31. The van der Waals surface area contributed by atoms with Gasteiger partial charge >= 0.3 is 0 Å². The molecule has 0 heterocycles. The van der Waals surface area contributed by atoms with Crippen LogP contribution in [-0.2, 0) is 5.41 Å². The van der Waals surface area contributed by atoms with Crippen LogP contribution >= 0.6 is 0 Å². The van der Waals surface area contributed by atoms with Crippen LogP contribution in [0, 0.1) is 20.8 Å². The Hall–Kier alpha value is -1.82. The molecule has 0 N–H and O–H groups in total. The van der Waals surface area contributed by atoms with Crippen molar-refractivity contribution in [1.29, 1.82) is 0 Å². The van der Waals surface area contributed by atoms with Gasteiger partial charge < -0.3 is 0 Å². The second-order valence-corrected chi connectivity index (χ2v) is 8.08. The molecule has 23 heavy (non-hydrogen) atoms. The summed E-state index contributed by atoms with van der Waals surface area (Å²) in [5.41, 5.74) is 9.42. The number of aryl methyl sites for hydroxylation is 2. The van der Waals surface area contributed by atoms with E-state index in [1.807, 2.05) is 0 Å². The van der Waals surface area contributed by atoms with E-state index in [2.05, 4.69) is 86.2 Å². The lowest BCUT2D eigenvalue weighted by molar-refractivity contribution is 0.585. The van der Waals surface area contributed by atoms with Crippen molar-refractivity contribution in [2.24, 2.45) is 0 Å². The first-order chi connectivity index (χ1) is 10.5. The topological polar surface area (TPSA) is 0 Å². The highest BCUT2D eigenvalue weighted by Gasteiger charge is 2.20. The zero-order valence-corrected chi connectivity index (χ0v) is 16.0. The number of rotatable bonds is 1. The molecule has 0 spiro atoms. The molecule has 0 atom stereocenters. The zero-order chi connectivity index (χ0) is 17.5. The van der Waals surface area contributed by atoms with Crippen molar-refractivity contribution in [1.82, 2.24) is 0 Å². The monoisotopic (exact) mass is 306 g/mol. The third kappa shape index (κ3) is 3.42. The normalized spacial score (nSPS) is 11.7. The minimum absolute atomic E-state index is 0.121.